The van der Waals surface area contributed by atoms with Gasteiger partial charge >= 0.3 is 0 Å². The fourth-order valence-corrected chi connectivity index (χ4v) is 1.31. The number of carbonyl (C=O) groups excluding carboxylic acids is 1. The summed E-state index contributed by atoms with van der Waals surface area (Å²) in [5.74, 6) is 5.18. The molecule has 0 atom stereocenters. The Morgan fingerprint density at radius 1 is 1.39 bits per heavy atom. The zero-order chi connectivity index (χ0) is 13.1. The van der Waals surface area contributed by atoms with E-state index in [1.54, 1.807) is 19.1 Å². The van der Waals surface area contributed by atoms with Crippen LogP contribution in [-0.2, 0) is 0 Å². The van der Waals surface area contributed by atoms with Gasteiger partial charge in [-0.1, -0.05) is 5.16 Å². The Hall–Kier alpha value is -2.41. The van der Waals surface area contributed by atoms with Gasteiger partial charge < -0.3 is 9.95 Å². The van der Waals surface area contributed by atoms with E-state index in [9.17, 15) is 4.79 Å². The molecule has 2 aromatic heterocycles. The van der Waals surface area contributed by atoms with Crippen LogP contribution in [0.4, 0.5) is 11.6 Å². The van der Waals surface area contributed by atoms with E-state index in [2.05, 4.69) is 20.9 Å². The highest BCUT2D eigenvalue weighted by Crippen LogP contribution is 2.18. The number of rotatable bonds is 3. The fraction of sp³-hybridized carbons (Fsp3) is 0.182. The van der Waals surface area contributed by atoms with E-state index in [-0.39, 0.29) is 11.6 Å². The van der Waals surface area contributed by atoms with E-state index in [1.165, 1.54) is 6.20 Å². The SMILES string of the molecule is Cc1noc(NC(=O)c2ccc(NN)cn2)c1C. The summed E-state index contributed by atoms with van der Waals surface area (Å²) in [4.78, 5) is 15.8. The average molecular weight is 247 g/mol. The Morgan fingerprint density at radius 2 is 2.17 bits per heavy atom. The number of nitrogens with zero attached hydrogens (tertiary/aromatic N) is 2. The topological polar surface area (TPSA) is 106 Å². The largest absolute Gasteiger partial charge is 0.338 e. The highest BCUT2D eigenvalue weighted by molar-refractivity contribution is 6.02. The van der Waals surface area contributed by atoms with Crippen molar-refractivity contribution in [3.8, 4) is 0 Å². The van der Waals surface area contributed by atoms with Crippen LogP contribution >= 0.6 is 0 Å². The van der Waals surface area contributed by atoms with Crippen LogP contribution in [0.5, 0.6) is 0 Å². The Bertz CT molecular complexity index is 561. The highest BCUT2D eigenvalue weighted by Gasteiger charge is 2.13. The number of nitrogen functional groups attached to an aromatic ring is 1. The molecule has 0 aliphatic rings. The Labute approximate surface area is 103 Å². The maximum atomic E-state index is 11.9. The molecule has 94 valence electrons. The van der Waals surface area contributed by atoms with Crippen molar-refractivity contribution in [3.63, 3.8) is 0 Å². The summed E-state index contributed by atoms with van der Waals surface area (Å²) in [6.45, 7) is 3.62. The molecule has 2 heterocycles. The first-order chi connectivity index (χ1) is 8.61. The third-order valence-electron chi connectivity index (χ3n) is 2.55. The minimum absolute atomic E-state index is 0.266. The van der Waals surface area contributed by atoms with Gasteiger partial charge in [-0.25, -0.2) is 4.98 Å². The van der Waals surface area contributed by atoms with Gasteiger partial charge in [-0.3, -0.25) is 16.0 Å². The lowest BCUT2D eigenvalue weighted by atomic mass is 10.2. The zero-order valence-electron chi connectivity index (χ0n) is 10.0. The molecule has 2 aromatic rings. The molecule has 0 aliphatic heterocycles. The lowest BCUT2D eigenvalue weighted by Gasteiger charge is -2.03. The summed E-state index contributed by atoms with van der Waals surface area (Å²) in [5, 5.41) is 6.36. The molecule has 0 aromatic carbocycles. The van der Waals surface area contributed by atoms with Crippen LogP contribution in [0.3, 0.4) is 0 Å². The Balaban J connectivity index is 2.14. The number of hydrazine groups is 1. The van der Waals surface area contributed by atoms with E-state index >= 15 is 0 Å². The van der Waals surface area contributed by atoms with Gasteiger partial charge in [0.1, 0.15) is 5.69 Å². The van der Waals surface area contributed by atoms with E-state index in [0.717, 1.165) is 11.3 Å². The van der Waals surface area contributed by atoms with E-state index in [1.807, 2.05) is 6.92 Å². The first kappa shape index (κ1) is 12.1. The van der Waals surface area contributed by atoms with Gasteiger partial charge in [0.05, 0.1) is 17.6 Å². The Kier molecular flexibility index (Phi) is 3.24. The summed E-state index contributed by atoms with van der Waals surface area (Å²) in [5.41, 5.74) is 4.85. The number of hydrogen-bond acceptors (Lipinski definition) is 6. The second-order valence-corrected chi connectivity index (χ2v) is 3.75. The summed E-state index contributed by atoms with van der Waals surface area (Å²) < 4.78 is 4.99. The van der Waals surface area contributed by atoms with Gasteiger partial charge in [-0.2, -0.15) is 0 Å². The van der Waals surface area contributed by atoms with Crippen LogP contribution in [0.2, 0.25) is 0 Å². The smallest absolute Gasteiger partial charge is 0.276 e. The minimum Gasteiger partial charge on any atom is -0.338 e. The van der Waals surface area contributed by atoms with E-state index in [0.29, 0.717) is 11.6 Å². The average Bonchev–Trinajstić information content (AvgIpc) is 2.71. The van der Waals surface area contributed by atoms with E-state index < -0.39 is 0 Å². The first-order valence-corrected chi connectivity index (χ1v) is 5.28. The van der Waals surface area contributed by atoms with Crippen LogP contribution in [0, 0.1) is 13.8 Å². The van der Waals surface area contributed by atoms with Crippen LogP contribution < -0.4 is 16.6 Å². The molecule has 7 nitrogen and oxygen atoms in total. The summed E-state index contributed by atoms with van der Waals surface area (Å²) in [7, 11) is 0. The molecule has 0 aliphatic carbocycles. The van der Waals surface area contributed by atoms with Crippen LogP contribution in [-0.4, -0.2) is 16.0 Å². The molecular formula is C11H13N5O2. The monoisotopic (exact) mass is 247 g/mol. The van der Waals surface area contributed by atoms with Gasteiger partial charge in [0.15, 0.2) is 0 Å². The summed E-state index contributed by atoms with van der Waals surface area (Å²) in [6.07, 6.45) is 1.47. The molecule has 1 amide bonds. The number of nitrogens with two attached hydrogens (primary N) is 1. The van der Waals surface area contributed by atoms with E-state index in [4.69, 9.17) is 10.4 Å². The number of aromatic nitrogens is 2. The quantitative estimate of drug-likeness (QED) is 0.556. The van der Waals surface area contributed by atoms with Crippen molar-refractivity contribution in [1.82, 2.24) is 10.1 Å². The van der Waals surface area contributed by atoms with Gasteiger partial charge in [0, 0.05) is 5.56 Å². The lowest BCUT2D eigenvalue weighted by molar-refractivity contribution is 0.101. The number of anilines is 2. The normalized spacial score (nSPS) is 10.2. The van der Waals surface area contributed by atoms with Crippen LogP contribution in [0.25, 0.3) is 0 Å². The second kappa shape index (κ2) is 4.84. The van der Waals surface area contributed by atoms with Crippen molar-refractivity contribution < 1.29 is 9.32 Å². The van der Waals surface area contributed by atoms with Gasteiger partial charge in [-0.05, 0) is 26.0 Å². The highest BCUT2D eigenvalue weighted by atomic mass is 16.5. The van der Waals surface area contributed by atoms with Crippen molar-refractivity contribution in [1.29, 1.82) is 0 Å². The predicted molar refractivity (Wildman–Crippen MR) is 66.0 cm³/mol. The maximum absolute atomic E-state index is 11.9. The molecule has 0 saturated carbocycles. The van der Waals surface area contributed by atoms with Crippen molar-refractivity contribution in [2.24, 2.45) is 5.84 Å². The molecule has 0 fully saturated rings. The predicted octanol–water partition coefficient (Wildman–Crippen LogP) is 1.22. The Morgan fingerprint density at radius 3 is 2.67 bits per heavy atom. The van der Waals surface area contributed by atoms with Crippen molar-refractivity contribution in [3.05, 3.63) is 35.3 Å². The van der Waals surface area contributed by atoms with Crippen LogP contribution in [0.15, 0.2) is 22.9 Å². The zero-order valence-corrected chi connectivity index (χ0v) is 10.0. The molecule has 0 unspecified atom stereocenters. The number of pyridine rings is 1. The number of hydrogen-bond donors (Lipinski definition) is 3. The molecule has 18 heavy (non-hydrogen) atoms. The first-order valence-electron chi connectivity index (χ1n) is 5.28. The summed E-state index contributed by atoms with van der Waals surface area (Å²) in [6, 6.07) is 3.21. The molecule has 0 bridgehead atoms. The number of nitrogens with one attached hydrogen (secondary N) is 2. The summed E-state index contributed by atoms with van der Waals surface area (Å²) >= 11 is 0. The molecule has 0 spiro atoms. The van der Waals surface area contributed by atoms with Gasteiger partial charge in [-0.15, -0.1) is 0 Å². The minimum atomic E-state index is -0.363. The molecule has 4 N–H and O–H groups in total. The second-order valence-electron chi connectivity index (χ2n) is 3.75. The molecule has 0 radical (unpaired) electrons. The third-order valence-corrected chi connectivity index (χ3v) is 2.55. The number of amides is 1. The fourth-order valence-electron chi connectivity index (χ4n) is 1.31. The van der Waals surface area contributed by atoms with Crippen molar-refractivity contribution in [2.75, 3.05) is 10.7 Å². The molecule has 7 heteroatoms. The molecule has 0 saturated heterocycles. The van der Waals surface area contributed by atoms with Crippen molar-refractivity contribution >= 4 is 17.5 Å². The number of carbonyl (C=O) groups is 1. The standard InChI is InChI=1S/C11H13N5O2/c1-6-7(2)16-18-11(6)14-10(17)9-4-3-8(15-12)5-13-9/h3-5,15H,12H2,1-2H3,(H,14,17). The van der Waals surface area contributed by atoms with Crippen molar-refractivity contribution in [2.45, 2.75) is 13.8 Å². The maximum Gasteiger partial charge on any atom is 0.276 e. The van der Waals surface area contributed by atoms with Crippen LogP contribution in [0.1, 0.15) is 21.7 Å². The molecular weight excluding hydrogens is 234 g/mol. The lowest BCUT2D eigenvalue weighted by Crippen LogP contribution is -2.14. The third kappa shape index (κ3) is 2.30. The van der Waals surface area contributed by atoms with Gasteiger partial charge in [0.25, 0.3) is 5.91 Å². The molecule has 2 rings (SSSR count). The van der Waals surface area contributed by atoms with Gasteiger partial charge in [0.2, 0.25) is 5.88 Å². The number of aryl methyl sites for hydroxylation is 1.